The first kappa shape index (κ1) is 23.7. The van der Waals surface area contributed by atoms with Crippen LogP contribution >= 0.6 is 0 Å². The van der Waals surface area contributed by atoms with Crippen molar-refractivity contribution in [1.82, 2.24) is 14.6 Å². The molecule has 12 heteroatoms. The molecule has 0 unspecified atom stereocenters. The summed E-state index contributed by atoms with van der Waals surface area (Å²) >= 11 is 0. The summed E-state index contributed by atoms with van der Waals surface area (Å²) in [5.41, 5.74) is 5.30. The second-order valence-corrected chi connectivity index (χ2v) is 7.97. The zero-order valence-corrected chi connectivity index (χ0v) is 18.3. The number of rotatable bonds is 8. The Kier molecular flexibility index (Phi) is 6.85. The molecule has 12 nitrogen and oxygen atoms in total. The van der Waals surface area contributed by atoms with Gasteiger partial charge in [0.15, 0.2) is 5.82 Å². The van der Waals surface area contributed by atoms with Crippen molar-refractivity contribution in [3.05, 3.63) is 24.2 Å². The van der Waals surface area contributed by atoms with Gasteiger partial charge in [0.25, 0.3) is 0 Å². The molecule has 1 aliphatic rings. The SMILES string of the molecule is COC[C@@H](C)OC(=O)OC[C@@]1(C#N)O[C@@H](c2ccc3c(N)ncnn23)C[C@@H]1OC(C)(C)[O-]. The molecule has 2 aromatic heterocycles. The van der Waals surface area contributed by atoms with E-state index in [1.165, 1.54) is 27.3 Å². The van der Waals surface area contributed by atoms with E-state index in [0.717, 1.165) is 0 Å². The summed E-state index contributed by atoms with van der Waals surface area (Å²) in [6.07, 6.45) is -1.77. The van der Waals surface area contributed by atoms with Crippen LogP contribution < -0.4 is 10.8 Å². The number of methoxy groups -OCH3 is 1. The molecule has 2 N–H and O–H groups in total. The highest BCUT2D eigenvalue weighted by atomic mass is 16.7. The van der Waals surface area contributed by atoms with Crippen LogP contribution in [0.2, 0.25) is 0 Å². The Morgan fingerprint density at radius 2 is 2.28 bits per heavy atom. The topological polar surface area (TPSA) is 166 Å². The van der Waals surface area contributed by atoms with E-state index < -0.39 is 42.5 Å². The van der Waals surface area contributed by atoms with Crippen molar-refractivity contribution < 1.29 is 33.6 Å². The van der Waals surface area contributed by atoms with Gasteiger partial charge in [-0.25, -0.2) is 14.3 Å². The molecule has 0 spiro atoms. The summed E-state index contributed by atoms with van der Waals surface area (Å²) in [7, 11) is 1.47. The third-order valence-corrected chi connectivity index (χ3v) is 4.86. The van der Waals surface area contributed by atoms with Gasteiger partial charge in [-0.05, 0) is 24.8 Å². The summed E-state index contributed by atoms with van der Waals surface area (Å²) in [6.45, 7) is 3.96. The second-order valence-electron chi connectivity index (χ2n) is 7.97. The van der Waals surface area contributed by atoms with Crippen LogP contribution in [0.3, 0.4) is 0 Å². The molecule has 0 aliphatic carbocycles. The van der Waals surface area contributed by atoms with Gasteiger partial charge < -0.3 is 34.5 Å². The van der Waals surface area contributed by atoms with Gasteiger partial charge in [0, 0.05) is 13.5 Å². The summed E-state index contributed by atoms with van der Waals surface area (Å²) < 4.78 is 28.3. The van der Waals surface area contributed by atoms with Gasteiger partial charge in [0.1, 0.15) is 42.8 Å². The molecular formula is C20H26N5O7-. The molecule has 4 atom stereocenters. The lowest BCUT2D eigenvalue weighted by atomic mass is 9.97. The van der Waals surface area contributed by atoms with E-state index in [2.05, 4.69) is 10.1 Å². The third-order valence-electron chi connectivity index (χ3n) is 4.86. The average molecular weight is 448 g/mol. The van der Waals surface area contributed by atoms with Crippen molar-refractivity contribution in [2.45, 2.75) is 56.9 Å². The van der Waals surface area contributed by atoms with Crippen LogP contribution in [0.5, 0.6) is 0 Å². The standard InChI is InChI=1S/C20H26N5O7/c1-12(8-28-4)30-18(26)29-10-20(9-21)16(32-19(2,3)27)7-15(31-20)13-5-6-14-17(22)23-11-24-25(13)14/h5-6,11-12,15-16H,7-8,10H2,1-4H3,(H2,22,23,24)/q-1/t12-,15-,16+,20-/m1/s1. The first-order valence-corrected chi connectivity index (χ1v) is 9.96. The number of carbonyl (C=O) groups is 1. The Balaban J connectivity index is 1.84. The number of nitrogens with zero attached hydrogens (tertiary/aromatic N) is 4. The predicted molar refractivity (Wildman–Crippen MR) is 107 cm³/mol. The zero-order chi connectivity index (χ0) is 23.5. The predicted octanol–water partition coefficient (Wildman–Crippen LogP) is 0.705. The maximum absolute atomic E-state index is 12.3. The summed E-state index contributed by atoms with van der Waals surface area (Å²) in [5.74, 6) is -1.53. The van der Waals surface area contributed by atoms with Gasteiger partial charge in [-0.1, -0.05) is 13.8 Å². The first-order valence-electron chi connectivity index (χ1n) is 9.96. The van der Waals surface area contributed by atoms with E-state index in [9.17, 15) is 15.2 Å². The average Bonchev–Trinajstić information content (AvgIpc) is 3.28. The maximum atomic E-state index is 12.3. The van der Waals surface area contributed by atoms with Crippen molar-refractivity contribution in [1.29, 1.82) is 5.26 Å². The highest BCUT2D eigenvalue weighted by Gasteiger charge is 2.53. The monoisotopic (exact) mass is 448 g/mol. The van der Waals surface area contributed by atoms with Crippen LogP contribution in [0.4, 0.5) is 10.6 Å². The van der Waals surface area contributed by atoms with Gasteiger partial charge in [-0.15, -0.1) is 0 Å². The number of nitrogen functional groups attached to an aromatic ring is 1. The molecule has 32 heavy (non-hydrogen) atoms. The van der Waals surface area contributed by atoms with Crippen LogP contribution in [-0.4, -0.2) is 64.7 Å². The second kappa shape index (κ2) is 9.25. The smallest absolute Gasteiger partial charge is 0.508 e. The molecule has 0 saturated carbocycles. The number of aromatic nitrogens is 3. The summed E-state index contributed by atoms with van der Waals surface area (Å²) in [5, 5.41) is 26.5. The fourth-order valence-corrected chi connectivity index (χ4v) is 3.54. The minimum absolute atomic E-state index is 0.147. The lowest BCUT2D eigenvalue weighted by molar-refractivity contribution is -0.550. The van der Waals surface area contributed by atoms with Gasteiger partial charge >= 0.3 is 6.16 Å². The van der Waals surface area contributed by atoms with Crippen LogP contribution in [0.1, 0.15) is 39.0 Å². The molecule has 3 rings (SSSR count). The Bertz CT molecular complexity index is 998. The van der Waals surface area contributed by atoms with E-state index in [0.29, 0.717) is 11.2 Å². The first-order chi connectivity index (χ1) is 15.1. The van der Waals surface area contributed by atoms with E-state index in [-0.39, 0.29) is 18.8 Å². The Morgan fingerprint density at radius 1 is 1.53 bits per heavy atom. The number of hydrogen-bond donors (Lipinski definition) is 1. The lowest BCUT2D eigenvalue weighted by Gasteiger charge is -2.38. The molecule has 3 heterocycles. The minimum Gasteiger partial charge on any atom is -0.829 e. The molecule has 1 saturated heterocycles. The normalized spacial score (nSPS) is 24.2. The molecule has 1 aliphatic heterocycles. The highest BCUT2D eigenvalue weighted by molar-refractivity contribution is 5.65. The van der Waals surface area contributed by atoms with E-state index in [1.54, 1.807) is 23.6 Å². The van der Waals surface area contributed by atoms with Crippen LogP contribution in [0, 0.1) is 11.3 Å². The fraction of sp³-hybridized carbons (Fsp3) is 0.600. The van der Waals surface area contributed by atoms with E-state index in [1.807, 2.05) is 6.07 Å². The van der Waals surface area contributed by atoms with Gasteiger partial charge in [-0.2, -0.15) is 10.4 Å². The Morgan fingerprint density at radius 3 is 2.94 bits per heavy atom. The molecule has 0 radical (unpaired) electrons. The number of ether oxygens (including phenoxy) is 5. The van der Waals surface area contributed by atoms with Crippen LogP contribution in [-0.2, 0) is 23.7 Å². The van der Waals surface area contributed by atoms with Gasteiger partial charge in [0.05, 0.1) is 12.3 Å². The van der Waals surface area contributed by atoms with Crippen LogP contribution in [0.25, 0.3) is 5.52 Å². The summed E-state index contributed by atoms with van der Waals surface area (Å²) in [4.78, 5) is 16.0. The third kappa shape index (κ3) is 5.08. The minimum atomic E-state index is -1.81. The van der Waals surface area contributed by atoms with Crippen molar-refractivity contribution in [3.63, 3.8) is 0 Å². The number of anilines is 1. The number of hydrogen-bond acceptors (Lipinski definition) is 11. The fourth-order valence-electron chi connectivity index (χ4n) is 3.54. The zero-order valence-electron chi connectivity index (χ0n) is 18.3. The number of fused-ring (bicyclic) bond motifs is 1. The molecule has 0 aromatic carbocycles. The van der Waals surface area contributed by atoms with Gasteiger partial charge in [-0.3, -0.25) is 0 Å². The quantitative estimate of drug-likeness (QED) is 0.446. The molecule has 174 valence electrons. The molecule has 0 amide bonds. The molecule has 0 bridgehead atoms. The van der Waals surface area contributed by atoms with Crippen molar-refractivity contribution in [2.24, 2.45) is 0 Å². The molecular weight excluding hydrogens is 422 g/mol. The largest absolute Gasteiger partial charge is 0.829 e. The van der Waals surface area contributed by atoms with Crippen molar-refractivity contribution in [3.8, 4) is 6.07 Å². The summed E-state index contributed by atoms with van der Waals surface area (Å²) in [6, 6.07) is 5.48. The van der Waals surface area contributed by atoms with E-state index in [4.69, 9.17) is 29.4 Å². The molecule has 2 aromatic rings. The number of nitrogens with two attached hydrogens (primary N) is 1. The van der Waals surface area contributed by atoms with E-state index >= 15 is 0 Å². The highest BCUT2D eigenvalue weighted by Crippen LogP contribution is 2.43. The van der Waals surface area contributed by atoms with Crippen molar-refractivity contribution >= 4 is 17.5 Å². The van der Waals surface area contributed by atoms with Crippen LogP contribution in [0.15, 0.2) is 18.5 Å². The maximum Gasteiger partial charge on any atom is 0.508 e. The Labute approximate surface area is 184 Å². The van der Waals surface area contributed by atoms with Gasteiger partial charge in [0.2, 0.25) is 5.60 Å². The molecule has 1 fully saturated rings. The lowest BCUT2D eigenvalue weighted by Crippen LogP contribution is -2.51. The number of carbonyl (C=O) groups excluding carboxylic acids is 1. The Hall–Kier alpha value is -2.98. The van der Waals surface area contributed by atoms with Crippen molar-refractivity contribution in [2.75, 3.05) is 26.1 Å². The number of nitriles is 1.